The van der Waals surface area contributed by atoms with Crippen LogP contribution in [0.15, 0.2) is 28.7 Å². The van der Waals surface area contributed by atoms with Crippen LogP contribution in [0.3, 0.4) is 0 Å². The Labute approximate surface area is 137 Å². The van der Waals surface area contributed by atoms with E-state index in [-0.39, 0.29) is 12.5 Å². The highest BCUT2D eigenvalue weighted by Gasteiger charge is 2.21. The molecule has 1 unspecified atom stereocenters. The molecule has 22 heavy (non-hydrogen) atoms. The van der Waals surface area contributed by atoms with E-state index in [0.717, 1.165) is 4.47 Å². The van der Waals surface area contributed by atoms with Gasteiger partial charge < -0.3 is 15.7 Å². The molecule has 0 heterocycles. The maximum atomic E-state index is 11.9. The van der Waals surface area contributed by atoms with E-state index in [4.69, 9.17) is 5.11 Å². The molecule has 0 fully saturated rings. The van der Waals surface area contributed by atoms with E-state index in [1.807, 2.05) is 13.8 Å². The fraction of sp³-hybridized carbons (Fsp3) is 0.400. The number of carboxylic acids is 1. The number of amides is 2. The van der Waals surface area contributed by atoms with Crippen molar-refractivity contribution in [1.82, 2.24) is 10.6 Å². The summed E-state index contributed by atoms with van der Waals surface area (Å²) in [5.74, 6) is -1.87. The van der Waals surface area contributed by atoms with Crippen LogP contribution >= 0.6 is 15.9 Å². The number of carbonyl (C=O) groups is 3. The van der Waals surface area contributed by atoms with Gasteiger partial charge in [-0.05, 0) is 30.5 Å². The minimum Gasteiger partial charge on any atom is -0.480 e. The number of rotatable bonds is 7. The summed E-state index contributed by atoms with van der Waals surface area (Å²) in [5.41, 5.74) is 0.416. The molecule has 2 amide bonds. The molecule has 120 valence electrons. The van der Waals surface area contributed by atoms with Gasteiger partial charge in [0, 0.05) is 10.0 Å². The molecule has 1 rings (SSSR count). The van der Waals surface area contributed by atoms with Crippen LogP contribution < -0.4 is 10.6 Å². The second kappa shape index (κ2) is 8.53. The summed E-state index contributed by atoms with van der Waals surface area (Å²) < 4.78 is 0.757. The van der Waals surface area contributed by atoms with Gasteiger partial charge in [0.05, 0.1) is 6.54 Å². The zero-order chi connectivity index (χ0) is 16.7. The van der Waals surface area contributed by atoms with Crippen molar-refractivity contribution in [3.8, 4) is 0 Å². The van der Waals surface area contributed by atoms with Crippen LogP contribution in [0, 0.1) is 5.92 Å². The SMILES string of the molecule is CC(C)CC(NC(=O)CNC(=O)c1cccc(Br)c1)C(=O)O. The predicted molar refractivity (Wildman–Crippen MR) is 85.5 cm³/mol. The third-order valence-corrected chi connectivity index (χ3v) is 3.33. The Bertz CT molecular complexity index is 560. The molecule has 6 nitrogen and oxygen atoms in total. The molecule has 0 aliphatic rings. The van der Waals surface area contributed by atoms with Crippen molar-refractivity contribution in [3.63, 3.8) is 0 Å². The van der Waals surface area contributed by atoms with Gasteiger partial charge in [-0.25, -0.2) is 4.79 Å². The summed E-state index contributed by atoms with van der Waals surface area (Å²) in [5, 5.41) is 13.9. The van der Waals surface area contributed by atoms with Crippen molar-refractivity contribution >= 4 is 33.7 Å². The fourth-order valence-electron chi connectivity index (χ4n) is 1.83. The molecule has 1 aromatic rings. The quantitative estimate of drug-likeness (QED) is 0.681. The zero-order valence-corrected chi connectivity index (χ0v) is 14.0. The molecule has 3 N–H and O–H groups in total. The first-order chi connectivity index (χ1) is 10.3. The highest BCUT2D eigenvalue weighted by Crippen LogP contribution is 2.11. The van der Waals surface area contributed by atoms with Crippen LogP contribution in [0.1, 0.15) is 30.6 Å². The number of benzene rings is 1. The Morgan fingerprint density at radius 1 is 1.27 bits per heavy atom. The lowest BCUT2D eigenvalue weighted by atomic mass is 10.0. The third kappa shape index (κ3) is 6.26. The van der Waals surface area contributed by atoms with E-state index in [1.54, 1.807) is 24.3 Å². The smallest absolute Gasteiger partial charge is 0.326 e. The number of halogens is 1. The molecule has 0 spiro atoms. The van der Waals surface area contributed by atoms with Crippen LogP contribution in [0.5, 0.6) is 0 Å². The second-order valence-corrected chi connectivity index (χ2v) is 6.20. The zero-order valence-electron chi connectivity index (χ0n) is 12.4. The van der Waals surface area contributed by atoms with Crippen LogP contribution in [-0.2, 0) is 9.59 Å². The van der Waals surface area contributed by atoms with Crippen molar-refractivity contribution in [2.24, 2.45) is 5.92 Å². The average Bonchev–Trinajstić information content (AvgIpc) is 2.43. The van der Waals surface area contributed by atoms with Gasteiger partial charge in [-0.15, -0.1) is 0 Å². The molecule has 0 bridgehead atoms. The van der Waals surface area contributed by atoms with Gasteiger partial charge in [0.25, 0.3) is 5.91 Å². The van der Waals surface area contributed by atoms with Crippen molar-refractivity contribution in [2.75, 3.05) is 6.54 Å². The number of carbonyl (C=O) groups excluding carboxylic acids is 2. The summed E-state index contributed by atoms with van der Waals surface area (Å²) in [4.78, 5) is 34.7. The monoisotopic (exact) mass is 370 g/mol. The van der Waals surface area contributed by atoms with Gasteiger partial charge >= 0.3 is 5.97 Å². The van der Waals surface area contributed by atoms with Gasteiger partial charge in [-0.3, -0.25) is 9.59 Å². The molecule has 0 radical (unpaired) electrons. The largest absolute Gasteiger partial charge is 0.480 e. The highest BCUT2D eigenvalue weighted by molar-refractivity contribution is 9.10. The molecule has 1 aromatic carbocycles. The normalized spacial score (nSPS) is 11.8. The summed E-state index contributed by atoms with van der Waals surface area (Å²) in [6, 6.07) is 5.80. The maximum Gasteiger partial charge on any atom is 0.326 e. The van der Waals surface area contributed by atoms with Gasteiger partial charge in [-0.1, -0.05) is 35.8 Å². The molecular weight excluding hydrogens is 352 g/mol. The molecule has 0 aliphatic heterocycles. The summed E-state index contributed by atoms with van der Waals surface area (Å²) in [6.07, 6.45) is 0.334. The van der Waals surface area contributed by atoms with Crippen molar-refractivity contribution in [1.29, 1.82) is 0 Å². The molecular formula is C15H19BrN2O4. The summed E-state index contributed by atoms with van der Waals surface area (Å²) >= 11 is 3.26. The lowest BCUT2D eigenvalue weighted by Gasteiger charge is -2.16. The number of hydrogen-bond donors (Lipinski definition) is 3. The highest BCUT2D eigenvalue weighted by atomic mass is 79.9. The first kappa shape index (κ1) is 18.2. The fourth-order valence-corrected chi connectivity index (χ4v) is 2.23. The van der Waals surface area contributed by atoms with Crippen LogP contribution in [0.4, 0.5) is 0 Å². The third-order valence-electron chi connectivity index (χ3n) is 2.84. The topological polar surface area (TPSA) is 95.5 Å². The van der Waals surface area contributed by atoms with E-state index >= 15 is 0 Å². The first-order valence-corrected chi connectivity index (χ1v) is 7.64. The average molecular weight is 371 g/mol. The standard InChI is InChI=1S/C15H19BrN2O4/c1-9(2)6-12(15(21)22)18-13(19)8-17-14(20)10-4-3-5-11(16)7-10/h3-5,7,9,12H,6,8H2,1-2H3,(H,17,20)(H,18,19)(H,21,22). The Hall–Kier alpha value is -1.89. The Morgan fingerprint density at radius 2 is 1.95 bits per heavy atom. The summed E-state index contributed by atoms with van der Waals surface area (Å²) in [7, 11) is 0. The maximum absolute atomic E-state index is 11.9. The molecule has 0 aromatic heterocycles. The Morgan fingerprint density at radius 3 is 2.50 bits per heavy atom. The molecule has 0 saturated heterocycles. The van der Waals surface area contributed by atoms with E-state index < -0.39 is 23.8 Å². The summed E-state index contributed by atoms with van der Waals surface area (Å²) in [6.45, 7) is 3.47. The molecule has 0 saturated carbocycles. The van der Waals surface area contributed by atoms with Crippen LogP contribution in [-0.4, -0.2) is 35.5 Å². The molecule has 1 atom stereocenters. The van der Waals surface area contributed by atoms with E-state index in [1.165, 1.54) is 0 Å². The minimum atomic E-state index is -1.08. The number of aliphatic carboxylic acids is 1. The van der Waals surface area contributed by atoms with Crippen molar-refractivity contribution in [2.45, 2.75) is 26.3 Å². The first-order valence-electron chi connectivity index (χ1n) is 6.85. The lowest BCUT2D eigenvalue weighted by molar-refractivity contribution is -0.142. The minimum absolute atomic E-state index is 0.137. The van der Waals surface area contributed by atoms with Crippen molar-refractivity contribution in [3.05, 3.63) is 34.3 Å². The van der Waals surface area contributed by atoms with Gasteiger partial charge in [-0.2, -0.15) is 0 Å². The van der Waals surface area contributed by atoms with E-state index in [9.17, 15) is 14.4 Å². The Kier molecular flexibility index (Phi) is 7.04. The van der Waals surface area contributed by atoms with Gasteiger partial charge in [0.1, 0.15) is 6.04 Å². The molecule has 0 aliphatic carbocycles. The van der Waals surface area contributed by atoms with Crippen LogP contribution in [0.2, 0.25) is 0 Å². The van der Waals surface area contributed by atoms with Gasteiger partial charge in [0.2, 0.25) is 5.91 Å². The Balaban J connectivity index is 2.51. The lowest BCUT2D eigenvalue weighted by Crippen LogP contribution is -2.46. The number of hydrogen-bond acceptors (Lipinski definition) is 3. The number of nitrogens with one attached hydrogen (secondary N) is 2. The van der Waals surface area contributed by atoms with Crippen molar-refractivity contribution < 1.29 is 19.5 Å². The van der Waals surface area contributed by atoms with E-state index in [2.05, 4.69) is 26.6 Å². The second-order valence-electron chi connectivity index (χ2n) is 5.28. The predicted octanol–water partition coefficient (Wildman–Crippen LogP) is 1.79. The molecule has 7 heteroatoms. The van der Waals surface area contributed by atoms with Crippen LogP contribution in [0.25, 0.3) is 0 Å². The van der Waals surface area contributed by atoms with E-state index in [0.29, 0.717) is 12.0 Å². The van der Waals surface area contributed by atoms with Gasteiger partial charge in [0.15, 0.2) is 0 Å². The number of carboxylic acid groups (broad SMARTS) is 1.